The molecule has 0 radical (unpaired) electrons. The maximum Gasteiger partial charge on any atom is 0.0951 e. The molecular formula is C20H20ClN3. The summed E-state index contributed by atoms with van der Waals surface area (Å²) in [5, 5.41) is 4.45. The fourth-order valence-corrected chi connectivity index (χ4v) is 3.32. The van der Waals surface area contributed by atoms with Crippen molar-refractivity contribution < 1.29 is 0 Å². The highest BCUT2D eigenvalue weighted by Gasteiger charge is 2.25. The topological polar surface area (TPSA) is 29.9 Å². The van der Waals surface area contributed by atoms with Crippen molar-refractivity contribution in [3.63, 3.8) is 0 Å². The highest BCUT2D eigenvalue weighted by atomic mass is 35.5. The number of benzene rings is 2. The number of nitrogens with zero attached hydrogens (tertiary/aromatic N) is 2. The lowest BCUT2D eigenvalue weighted by molar-refractivity contribution is 0.569. The average Bonchev–Trinajstić information content (AvgIpc) is 3.35. The van der Waals surface area contributed by atoms with E-state index >= 15 is 0 Å². The summed E-state index contributed by atoms with van der Waals surface area (Å²) in [6.45, 7) is 0.780. The Labute approximate surface area is 147 Å². The van der Waals surface area contributed by atoms with Crippen LogP contribution in [0.15, 0.2) is 67.1 Å². The largest absolute Gasteiger partial charge is 0.330 e. The van der Waals surface area contributed by atoms with Gasteiger partial charge >= 0.3 is 0 Å². The molecule has 1 fully saturated rings. The van der Waals surface area contributed by atoms with Gasteiger partial charge in [0.25, 0.3) is 0 Å². The van der Waals surface area contributed by atoms with Gasteiger partial charge in [-0.05, 0) is 36.1 Å². The standard InChI is InChI=1S/C20H20ClN3/c21-17-8-4-7-16(11-17)20(15-5-2-1-3-6-15)23-13-19-12-22-14-24(19)18-9-10-18/h1-8,11-12,14,18,20,23H,9-10,13H2. The minimum Gasteiger partial charge on any atom is -0.330 e. The van der Waals surface area contributed by atoms with Crippen LogP contribution < -0.4 is 5.32 Å². The zero-order valence-corrected chi connectivity index (χ0v) is 14.2. The van der Waals surface area contributed by atoms with Crippen molar-refractivity contribution >= 4 is 11.6 Å². The molecule has 4 rings (SSSR count). The lowest BCUT2D eigenvalue weighted by Gasteiger charge is -2.20. The van der Waals surface area contributed by atoms with E-state index in [2.05, 4.69) is 45.2 Å². The average molecular weight is 338 g/mol. The smallest absolute Gasteiger partial charge is 0.0951 e. The molecule has 1 unspecified atom stereocenters. The van der Waals surface area contributed by atoms with Gasteiger partial charge in [0.15, 0.2) is 0 Å². The summed E-state index contributed by atoms with van der Waals surface area (Å²) in [6, 6.07) is 19.3. The monoisotopic (exact) mass is 337 g/mol. The van der Waals surface area contributed by atoms with E-state index in [4.69, 9.17) is 11.6 Å². The normalized spacial score (nSPS) is 15.4. The Morgan fingerprint density at radius 1 is 1.08 bits per heavy atom. The van der Waals surface area contributed by atoms with Crippen molar-refractivity contribution in [2.75, 3.05) is 0 Å². The quantitative estimate of drug-likeness (QED) is 0.703. The van der Waals surface area contributed by atoms with Crippen LogP contribution in [0.2, 0.25) is 5.02 Å². The molecule has 3 nitrogen and oxygen atoms in total. The van der Waals surface area contributed by atoms with E-state index in [1.54, 1.807) is 0 Å². The number of aromatic nitrogens is 2. The first-order valence-corrected chi connectivity index (χ1v) is 8.73. The van der Waals surface area contributed by atoms with Crippen LogP contribution in [-0.2, 0) is 6.54 Å². The van der Waals surface area contributed by atoms with Gasteiger partial charge in [-0.1, -0.05) is 54.1 Å². The highest BCUT2D eigenvalue weighted by molar-refractivity contribution is 6.30. The Morgan fingerprint density at radius 3 is 2.62 bits per heavy atom. The second-order valence-corrected chi connectivity index (χ2v) is 6.74. The summed E-state index contributed by atoms with van der Waals surface area (Å²) < 4.78 is 2.30. The van der Waals surface area contributed by atoms with E-state index in [1.165, 1.54) is 29.7 Å². The van der Waals surface area contributed by atoms with Gasteiger partial charge in [0, 0.05) is 23.8 Å². The van der Waals surface area contributed by atoms with E-state index in [0.717, 1.165) is 11.6 Å². The molecule has 3 aromatic rings. The van der Waals surface area contributed by atoms with Gasteiger partial charge in [0.05, 0.1) is 18.1 Å². The predicted molar refractivity (Wildman–Crippen MR) is 97.1 cm³/mol. The Bertz CT molecular complexity index is 809. The first kappa shape index (κ1) is 15.4. The van der Waals surface area contributed by atoms with Crippen molar-refractivity contribution in [3.8, 4) is 0 Å². The second kappa shape index (κ2) is 6.80. The van der Waals surface area contributed by atoms with E-state index in [9.17, 15) is 0 Å². The summed E-state index contributed by atoms with van der Waals surface area (Å²) in [7, 11) is 0. The molecule has 0 saturated heterocycles. The van der Waals surface area contributed by atoms with Crippen LogP contribution in [0.3, 0.4) is 0 Å². The van der Waals surface area contributed by atoms with Gasteiger partial charge in [-0.15, -0.1) is 0 Å². The van der Waals surface area contributed by atoms with Gasteiger partial charge < -0.3 is 9.88 Å². The Kier molecular flexibility index (Phi) is 4.37. The van der Waals surface area contributed by atoms with Crippen molar-refractivity contribution in [2.24, 2.45) is 0 Å². The molecule has 1 aliphatic rings. The lowest BCUT2D eigenvalue weighted by atomic mass is 9.98. The molecule has 1 aliphatic carbocycles. The van der Waals surface area contributed by atoms with E-state index in [-0.39, 0.29) is 6.04 Å². The minimum atomic E-state index is 0.104. The molecule has 0 aliphatic heterocycles. The molecule has 2 aromatic carbocycles. The predicted octanol–water partition coefficient (Wildman–Crippen LogP) is 4.75. The molecule has 0 bridgehead atoms. The highest BCUT2D eigenvalue weighted by Crippen LogP contribution is 2.35. The molecule has 0 amide bonds. The number of hydrogen-bond donors (Lipinski definition) is 1. The summed E-state index contributed by atoms with van der Waals surface area (Å²) >= 11 is 6.21. The number of rotatable bonds is 6. The summed E-state index contributed by atoms with van der Waals surface area (Å²) in [5.74, 6) is 0. The first-order valence-electron chi connectivity index (χ1n) is 8.36. The first-order chi connectivity index (χ1) is 11.8. The van der Waals surface area contributed by atoms with Gasteiger partial charge in [0.2, 0.25) is 0 Å². The third kappa shape index (κ3) is 3.37. The zero-order valence-electron chi connectivity index (χ0n) is 13.4. The maximum atomic E-state index is 6.21. The van der Waals surface area contributed by atoms with Crippen LogP contribution in [0.25, 0.3) is 0 Å². The minimum absolute atomic E-state index is 0.104. The number of halogens is 1. The summed E-state index contributed by atoms with van der Waals surface area (Å²) in [5.41, 5.74) is 3.64. The lowest BCUT2D eigenvalue weighted by Crippen LogP contribution is -2.23. The Balaban J connectivity index is 1.59. The van der Waals surface area contributed by atoms with Crippen molar-refractivity contribution in [1.29, 1.82) is 0 Å². The SMILES string of the molecule is Clc1cccc(C(NCc2cncn2C2CC2)c2ccccc2)c1. The fourth-order valence-electron chi connectivity index (χ4n) is 3.12. The van der Waals surface area contributed by atoms with Gasteiger partial charge in [0.1, 0.15) is 0 Å². The molecule has 122 valence electrons. The third-order valence-corrected chi connectivity index (χ3v) is 4.72. The van der Waals surface area contributed by atoms with Crippen LogP contribution in [0.5, 0.6) is 0 Å². The van der Waals surface area contributed by atoms with E-state index in [0.29, 0.717) is 6.04 Å². The zero-order chi connectivity index (χ0) is 16.4. The van der Waals surface area contributed by atoms with Gasteiger partial charge in [-0.3, -0.25) is 0 Å². The van der Waals surface area contributed by atoms with Crippen LogP contribution >= 0.6 is 11.6 Å². The third-order valence-electron chi connectivity index (χ3n) is 4.49. The Morgan fingerprint density at radius 2 is 1.88 bits per heavy atom. The molecule has 4 heteroatoms. The molecule has 1 heterocycles. The molecule has 24 heavy (non-hydrogen) atoms. The molecule has 1 N–H and O–H groups in total. The number of nitrogens with one attached hydrogen (secondary N) is 1. The van der Waals surface area contributed by atoms with Crippen LogP contribution in [-0.4, -0.2) is 9.55 Å². The molecule has 1 aromatic heterocycles. The van der Waals surface area contributed by atoms with Crippen LogP contribution in [0.1, 0.15) is 41.7 Å². The number of hydrogen-bond acceptors (Lipinski definition) is 2. The van der Waals surface area contributed by atoms with Crippen LogP contribution in [0, 0.1) is 0 Å². The molecule has 1 atom stereocenters. The molecule has 0 spiro atoms. The van der Waals surface area contributed by atoms with Gasteiger partial charge in [-0.25, -0.2) is 4.98 Å². The maximum absolute atomic E-state index is 6.21. The van der Waals surface area contributed by atoms with Gasteiger partial charge in [-0.2, -0.15) is 0 Å². The summed E-state index contributed by atoms with van der Waals surface area (Å²) in [4.78, 5) is 4.32. The fraction of sp³-hybridized carbons (Fsp3) is 0.250. The molecular weight excluding hydrogens is 318 g/mol. The van der Waals surface area contributed by atoms with E-state index in [1.807, 2.05) is 36.8 Å². The summed E-state index contributed by atoms with van der Waals surface area (Å²) in [6.07, 6.45) is 6.44. The van der Waals surface area contributed by atoms with Crippen molar-refractivity contribution in [1.82, 2.24) is 14.9 Å². The van der Waals surface area contributed by atoms with Crippen LogP contribution in [0.4, 0.5) is 0 Å². The number of imidazole rings is 1. The van der Waals surface area contributed by atoms with Crippen molar-refractivity contribution in [2.45, 2.75) is 31.5 Å². The van der Waals surface area contributed by atoms with E-state index < -0.39 is 0 Å². The molecule has 1 saturated carbocycles. The van der Waals surface area contributed by atoms with Crippen molar-refractivity contribution in [3.05, 3.63) is 89.0 Å². The second-order valence-electron chi connectivity index (χ2n) is 6.30. The Hall–Kier alpha value is -2.10.